The predicted octanol–water partition coefficient (Wildman–Crippen LogP) is 2.63. The first kappa shape index (κ1) is 13.9. The van der Waals surface area contributed by atoms with Crippen molar-refractivity contribution in [2.75, 3.05) is 5.73 Å². The highest BCUT2D eigenvalue weighted by atomic mass is 16.1. The number of hydrogen-bond acceptors (Lipinski definition) is 4. The summed E-state index contributed by atoms with van der Waals surface area (Å²) < 4.78 is 0. The summed E-state index contributed by atoms with van der Waals surface area (Å²) in [7, 11) is 0. The van der Waals surface area contributed by atoms with E-state index in [4.69, 9.17) is 5.73 Å². The quantitative estimate of drug-likeness (QED) is 0.527. The van der Waals surface area contributed by atoms with E-state index >= 15 is 0 Å². The van der Waals surface area contributed by atoms with Gasteiger partial charge in [0.1, 0.15) is 0 Å². The van der Waals surface area contributed by atoms with E-state index in [1.54, 1.807) is 31.5 Å². The van der Waals surface area contributed by atoms with E-state index in [-0.39, 0.29) is 5.78 Å². The summed E-state index contributed by atoms with van der Waals surface area (Å²) in [4.78, 5) is 27.8. The first-order chi connectivity index (χ1) is 9.49. The van der Waals surface area contributed by atoms with E-state index in [9.17, 15) is 9.59 Å². The standard InChI is InChI=1S/C16H16N2O2/c1-9-10(2)15(17)13(8-19)11(3)14(9)16(20)12-4-6-18-7-5-12/h4-8H,17H2,1-3H3. The first-order valence-electron chi connectivity index (χ1n) is 6.28. The van der Waals surface area contributed by atoms with Gasteiger partial charge >= 0.3 is 0 Å². The Labute approximate surface area is 117 Å². The minimum absolute atomic E-state index is 0.117. The third-order valence-corrected chi connectivity index (χ3v) is 3.70. The summed E-state index contributed by atoms with van der Waals surface area (Å²) in [5.41, 5.74) is 10.1. The number of nitrogen functional groups attached to an aromatic ring is 1. The van der Waals surface area contributed by atoms with Crippen LogP contribution in [0.1, 0.15) is 43.0 Å². The number of ketones is 1. The molecule has 0 radical (unpaired) electrons. The molecule has 0 aliphatic heterocycles. The van der Waals surface area contributed by atoms with Crippen LogP contribution in [0.3, 0.4) is 0 Å². The fourth-order valence-corrected chi connectivity index (χ4v) is 2.35. The number of aldehydes is 1. The molecule has 102 valence electrons. The van der Waals surface area contributed by atoms with Crippen molar-refractivity contribution in [2.45, 2.75) is 20.8 Å². The zero-order valence-electron chi connectivity index (χ0n) is 11.7. The van der Waals surface area contributed by atoms with Gasteiger partial charge in [-0.1, -0.05) is 0 Å². The number of carbonyl (C=O) groups is 2. The zero-order valence-corrected chi connectivity index (χ0v) is 11.7. The molecule has 1 aromatic carbocycles. The lowest BCUT2D eigenvalue weighted by Gasteiger charge is -2.16. The molecular weight excluding hydrogens is 252 g/mol. The normalized spacial score (nSPS) is 10.3. The average Bonchev–Trinajstić information content (AvgIpc) is 2.46. The molecule has 0 aliphatic carbocycles. The molecule has 20 heavy (non-hydrogen) atoms. The summed E-state index contributed by atoms with van der Waals surface area (Å²) >= 11 is 0. The van der Waals surface area contributed by atoms with Gasteiger partial charge in [0.2, 0.25) is 0 Å². The third-order valence-electron chi connectivity index (χ3n) is 3.70. The SMILES string of the molecule is Cc1c(C)c(C(=O)c2ccncc2)c(C)c(C=O)c1N. The van der Waals surface area contributed by atoms with Gasteiger partial charge in [0.15, 0.2) is 12.1 Å². The number of hydrogen-bond donors (Lipinski definition) is 1. The Morgan fingerprint density at radius 3 is 2.25 bits per heavy atom. The summed E-state index contributed by atoms with van der Waals surface area (Å²) in [6, 6.07) is 3.32. The zero-order chi connectivity index (χ0) is 14.9. The van der Waals surface area contributed by atoms with Crippen molar-refractivity contribution in [3.63, 3.8) is 0 Å². The van der Waals surface area contributed by atoms with Crippen LogP contribution < -0.4 is 5.73 Å². The van der Waals surface area contributed by atoms with Gasteiger partial charge in [-0.2, -0.15) is 0 Å². The highest BCUT2D eigenvalue weighted by molar-refractivity contribution is 6.12. The van der Waals surface area contributed by atoms with Crippen molar-refractivity contribution in [3.8, 4) is 0 Å². The molecule has 2 N–H and O–H groups in total. The molecule has 0 unspecified atom stereocenters. The summed E-state index contributed by atoms with van der Waals surface area (Å²) in [6.07, 6.45) is 3.85. The Balaban J connectivity index is 2.72. The number of pyridine rings is 1. The molecule has 0 bridgehead atoms. The van der Waals surface area contributed by atoms with E-state index in [0.29, 0.717) is 34.2 Å². The summed E-state index contributed by atoms with van der Waals surface area (Å²) in [5.74, 6) is -0.117. The van der Waals surface area contributed by atoms with Crippen molar-refractivity contribution >= 4 is 17.8 Å². The minimum atomic E-state index is -0.117. The largest absolute Gasteiger partial charge is 0.398 e. The van der Waals surface area contributed by atoms with Gasteiger partial charge < -0.3 is 5.73 Å². The maximum absolute atomic E-state index is 12.6. The number of nitrogens with zero attached hydrogens (tertiary/aromatic N) is 1. The van der Waals surface area contributed by atoms with E-state index < -0.39 is 0 Å². The lowest BCUT2D eigenvalue weighted by molar-refractivity contribution is 0.103. The maximum atomic E-state index is 12.6. The van der Waals surface area contributed by atoms with Crippen LogP contribution in [0, 0.1) is 20.8 Å². The van der Waals surface area contributed by atoms with Crippen LogP contribution in [0.15, 0.2) is 24.5 Å². The molecule has 0 saturated carbocycles. The van der Waals surface area contributed by atoms with Crippen LogP contribution in [0.4, 0.5) is 5.69 Å². The monoisotopic (exact) mass is 268 g/mol. The van der Waals surface area contributed by atoms with Gasteiger partial charge in [0.25, 0.3) is 0 Å². The molecule has 4 nitrogen and oxygen atoms in total. The average molecular weight is 268 g/mol. The lowest BCUT2D eigenvalue weighted by atomic mass is 9.88. The molecule has 2 rings (SSSR count). The molecule has 0 fully saturated rings. The van der Waals surface area contributed by atoms with Gasteiger partial charge in [0, 0.05) is 34.8 Å². The molecule has 0 aliphatic rings. The van der Waals surface area contributed by atoms with Crippen molar-refractivity contribution in [1.29, 1.82) is 0 Å². The van der Waals surface area contributed by atoms with Crippen LogP contribution in [-0.2, 0) is 0 Å². The number of rotatable bonds is 3. The Hall–Kier alpha value is -2.49. The van der Waals surface area contributed by atoms with Crippen LogP contribution in [0.2, 0.25) is 0 Å². The Bertz CT molecular complexity index is 692. The Kier molecular flexibility index (Phi) is 3.66. The number of anilines is 1. The maximum Gasteiger partial charge on any atom is 0.193 e. The van der Waals surface area contributed by atoms with Crippen molar-refractivity contribution in [1.82, 2.24) is 4.98 Å². The molecule has 2 aromatic rings. The molecule has 1 heterocycles. The molecule has 1 aromatic heterocycles. The number of benzene rings is 1. The van der Waals surface area contributed by atoms with E-state index in [1.807, 2.05) is 13.8 Å². The summed E-state index contributed by atoms with van der Waals surface area (Å²) in [5, 5.41) is 0. The molecule has 0 atom stereocenters. The van der Waals surface area contributed by atoms with Crippen molar-refractivity contribution in [3.05, 3.63) is 57.9 Å². The highest BCUT2D eigenvalue weighted by Gasteiger charge is 2.21. The van der Waals surface area contributed by atoms with Crippen LogP contribution >= 0.6 is 0 Å². The molecule has 0 spiro atoms. The van der Waals surface area contributed by atoms with Gasteiger partial charge in [-0.3, -0.25) is 14.6 Å². The smallest absolute Gasteiger partial charge is 0.193 e. The van der Waals surface area contributed by atoms with Crippen LogP contribution in [0.25, 0.3) is 0 Å². The Morgan fingerprint density at radius 1 is 1.10 bits per heavy atom. The van der Waals surface area contributed by atoms with Crippen molar-refractivity contribution < 1.29 is 9.59 Å². The van der Waals surface area contributed by atoms with E-state index in [1.165, 1.54) is 0 Å². The van der Waals surface area contributed by atoms with Crippen LogP contribution in [-0.4, -0.2) is 17.1 Å². The second-order valence-corrected chi connectivity index (χ2v) is 4.76. The Morgan fingerprint density at radius 2 is 1.70 bits per heavy atom. The third kappa shape index (κ3) is 2.09. The first-order valence-corrected chi connectivity index (χ1v) is 6.28. The van der Waals surface area contributed by atoms with Gasteiger partial charge in [-0.05, 0) is 49.6 Å². The summed E-state index contributed by atoms with van der Waals surface area (Å²) in [6.45, 7) is 5.42. The molecular formula is C16H16N2O2. The minimum Gasteiger partial charge on any atom is -0.398 e. The van der Waals surface area contributed by atoms with Gasteiger partial charge in [-0.25, -0.2) is 0 Å². The highest BCUT2D eigenvalue weighted by Crippen LogP contribution is 2.29. The van der Waals surface area contributed by atoms with Crippen molar-refractivity contribution in [2.24, 2.45) is 0 Å². The number of nitrogens with two attached hydrogens (primary N) is 1. The lowest BCUT2D eigenvalue weighted by Crippen LogP contribution is -2.12. The molecule has 0 amide bonds. The predicted molar refractivity (Wildman–Crippen MR) is 78.1 cm³/mol. The number of carbonyl (C=O) groups excluding carboxylic acids is 2. The van der Waals surface area contributed by atoms with Crippen LogP contribution in [0.5, 0.6) is 0 Å². The van der Waals surface area contributed by atoms with E-state index in [2.05, 4.69) is 4.98 Å². The topological polar surface area (TPSA) is 73.0 Å². The second-order valence-electron chi connectivity index (χ2n) is 4.76. The van der Waals surface area contributed by atoms with Gasteiger partial charge in [0.05, 0.1) is 0 Å². The fourth-order valence-electron chi connectivity index (χ4n) is 2.35. The van der Waals surface area contributed by atoms with Gasteiger partial charge in [-0.15, -0.1) is 0 Å². The number of aromatic nitrogens is 1. The second kappa shape index (κ2) is 5.25. The fraction of sp³-hybridized carbons (Fsp3) is 0.188. The van der Waals surface area contributed by atoms with E-state index in [0.717, 1.165) is 11.1 Å². The molecule has 4 heteroatoms. The molecule has 0 saturated heterocycles.